The Morgan fingerprint density at radius 3 is 2.52 bits per heavy atom. The van der Waals surface area contributed by atoms with Crippen LogP contribution in [0.1, 0.15) is 26.3 Å². The van der Waals surface area contributed by atoms with E-state index in [1.54, 1.807) is 30.3 Å². The first-order chi connectivity index (χ1) is 15.0. The van der Waals surface area contributed by atoms with Crippen LogP contribution >= 0.6 is 11.6 Å². The highest BCUT2D eigenvalue weighted by Gasteiger charge is 2.15. The molecule has 7 heteroatoms. The average molecular weight is 434 g/mol. The van der Waals surface area contributed by atoms with Crippen LogP contribution in [0, 0.1) is 0 Å². The molecule has 4 rings (SSSR count). The van der Waals surface area contributed by atoms with Crippen molar-refractivity contribution in [3.05, 3.63) is 111 Å². The maximum atomic E-state index is 12.4. The van der Waals surface area contributed by atoms with Gasteiger partial charge in [0.25, 0.3) is 5.91 Å². The average Bonchev–Trinajstić information content (AvgIpc) is 2.77. The standard InChI is InChI=1S/C24H16ClNO5/c25-18-8-4-7-17(11-18)23(28)30-19-10-9-16-12-20(24(29)31-21(16)13-19)22(27)26-14-15-5-2-1-3-6-15/h1-13H,14H2,(H,26,27). The van der Waals surface area contributed by atoms with E-state index in [1.165, 1.54) is 18.2 Å². The van der Waals surface area contributed by atoms with Crippen LogP contribution in [-0.2, 0) is 6.54 Å². The number of amides is 1. The largest absolute Gasteiger partial charge is 0.423 e. The quantitative estimate of drug-likeness (QED) is 0.282. The normalized spacial score (nSPS) is 10.6. The van der Waals surface area contributed by atoms with E-state index in [0.29, 0.717) is 16.0 Å². The molecule has 0 aliphatic rings. The zero-order chi connectivity index (χ0) is 21.8. The number of benzene rings is 3. The van der Waals surface area contributed by atoms with Gasteiger partial charge < -0.3 is 14.5 Å². The topological polar surface area (TPSA) is 85.6 Å². The lowest BCUT2D eigenvalue weighted by atomic mass is 10.1. The van der Waals surface area contributed by atoms with Crippen molar-refractivity contribution in [3.63, 3.8) is 0 Å². The zero-order valence-corrected chi connectivity index (χ0v) is 16.9. The fourth-order valence-corrected chi connectivity index (χ4v) is 3.16. The second-order valence-corrected chi connectivity index (χ2v) is 7.15. The van der Waals surface area contributed by atoms with Crippen molar-refractivity contribution in [2.75, 3.05) is 0 Å². The van der Waals surface area contributed by atoms with Gasteiger partial charge >= 0.3 is 11.6 Å². The van der Waals surface area contributed by atoms with Crippen molar-refractivity contribution in [3.8, 4) is 5.75 Å². The fourth-order valence-electron chi connectivity index (χ4n) is 2.97. The molecule has 0 saturated carbocycles. The van der Waals surface area contributed by atoms with Crippen LogP contribution in [0.2, 0.25) is 5.02 Å². The molecule has 3 aromatic carbocycles. The van der Waals surface area contributed by atoms with Crippen molar-refractivity contribution in [2.24, 2.45) is 0 Å². The molecule has 154 valence electrons. The van der Waals surface area contributed by atoms with Crippen LogP contribution in [0.15, 0.2) is 88.1 Å². The third kappa shape index (κ3) is 4.82. The van der Waals surface area contributed by atoms with Crippen molar-refractivity contribution in [2.45, 2.75) is 6.54 Å². The molecule has 0 fully saturated rings. The first kappa shape index (κ1) is 20.4. The van der Waals surface area contributed by atoms with Crippen LogP contribution in [0.25, 0.3) is 11.0 Å². The molecule has 0 aliphatic heterocycles. The molecule has 0 bridgehead atoms. The van der Waals surface area contributed by atoms with Gasteiger partial charge in [0, 0.05) is 23.0 Å². The molecule has 0 radical (unpaired) electrons. The van der Waals surface area contributed by atoms with Crippen LogP contribution in [-0.4, -0.2) is 11.9 Å². The summed E-state index contributed by atoms with van der Waals surface area (Å²) in [6.07, 6.45) is 0. The number of carbonyl (C=O) groups excluding carboxylic acids is 2. The number of nitrogens with one attached hydrogen (secondary N) is 1. The highest BCUT2D eigenvalue weighted by molar-refractivity contribution is 6.30. The van der Waals surface area contributed by atoms with Crippen LogP contribution in [0.3, 0.4) is 0 Å². The van der Waals surface area contributed by atoms with Gasteiger partial charge in [-0.25, -0.2) is 9.59 Å². The van der Waals surface area contributed by atoms with Gasteiger partial charge in [0.05, 0.1) is 5.56 Å². The SMILES string of the molecule is O=C(Oc1ccc2cc(C(=O)NCc3ccccc3)c(=O)oc2c1)c1cccc(Cl)c1. The Morgan fingerprint density at radius 2 is 1.74 bits per heavy atom. The number of hydrogen-bond donors (Lipinski definition) is 1. The van der Waals surface area contributed by atoms with E-state index in [1.807, 2.05) is 30.3 Å². The van der Waals surface area contributed by atoms with E-state index in [-0.39, 0.29) is 23.4 Å². The van der Waals surface area contributed by atoms with E-state index < -0.39 is 17.5 Å². The highest BCUT2D eigenvalue weighted by Crippen LogP contribution is 2.22. The Labute approximate surface area is 182 Å². The summed E-state index contributed by atoms with van der Waals surface area (Å²) in [6.45, 7) is 0.287. The van der Waals surface area contributed by atoms with E-state index >= 15 is 0 Å². The minimum Gasteiger partial charge on any atom is -0.423 e. The third-order valence-corrected chi connectivity index (χ3v) is 4.75. The van der Waals surface area contributed by atoms with Crippen LogP contribution in [0.5, 0.6) is 5.75 Å². The predicted molar refractivity (Wildman–Crippen MR) is 117 cm³/mol. The van der Waals surface area contributed by atoms with Crippen molar-refractivity contribution >= 4 is 34.4 Å². The molecule has 1 heterocycles. The first-order valence-corrected chi connectivity index (χ1v) is 9.75. The van der Waals surface area contributed by atoms with Gasteiger partial charge in [-0.2, -0.15) is 0 Å². The van der Waals surface area contributed by atoms with Gasteiger partial charge in [0.1, 0.15) is 16.9 Å². The van der Waals surface area contributed by atoms with Gasteiger partial charge in [-0.3, -0.25) is 4.79 Å². The zero-order valence-electron chi connectivity index (χ0n) is 16.1. The number of carbonyl (C=O) groups is 2. The lowest BCUT2D eigenvalue weighted by Crippen LogP contribution is -2.27. The lowest BCUT2D eigenvalue weighted by Gasteiger charge is -2.07. The summed E-state index contributed by atoms with van der Waals surface area (Å²) in [7, 11) is 0. The van der Waals surface area contributed by atoms with Gasteiger partial charge in [0.15, 0.2) is 0 Å². The Hall–Kier alpha value is -3.90. The molecule has 6 nitrogen and oxygen atoms in total. The van der Waals surface area contributed by atoms with Crippen molar-refractivity contribution < 1.29 is 18.7 Å². The van der Waals surface area contributed by atoms with Crippen molar-refractivity contribution in [1.82, 2.24) is 5.32 Å². The number of esters is 1. The maximum absolute atomic E-state index is 12.4. The first-order valence-electron chi connectivity index (χ1n) is 9.37. The van der Waals surface area contributed by atoms with E-state index in [0.717, 1.165) is 5.56 Å². The number of ether oxygens (including phenoxy) is 1. The second kappa shape index (κ2) is 8.85. The Bertz CT molecular complexity index is 1330. The van der Waals surface area contributed by atoms with Gasteiger partial charge in [-0.05, 0) is 42.0 Å². The Morgan fingerprint density at radius 1 is 0.935 bits per heavy atom. The van der Waals surface area contributed by atoms with E-state index in [4.69, 9.17) is 20.8 Å². The number of hydrogen-bond acceptors (Lipinski definition) is 5. The molecule has 1 amide bonds. The molecule has 1 N–H and O–H groups in total. The van der Waals surface area contributed by atoms with Crippen molar-refractivity contribution in [1.29, 1.82) is 0 Å². The minimum atomic E-state index is -0.781. The summed E-state index contributed by atoms with van der Waals surface area (Å²) in [5.41, 5.74) is 0.510. The summed E-state index contributed by atoms with van der Waals surface area (Å²) < 4.78 is 10.6. The Kier molecular flexibility index (Phi) is 5.82. The number of rotatable bonds is 5. The van der Waals surface area contributed by atoms with Crippen LogP contribution < -0.4 is 15.7 Å². The molecule has 0 unspecified atom stereocenters. The summed E-state index contributed by atoms with van der Waals surface area (Å²) in [5.74, 6) is -0.932. The monoisotopic (exact) mass is 433 g/mol. The lowest BCUT2D eigenvalue weighted by molar-refractivity contribution is 0.0734. The summed E-state index contributed by atoms with van der Waals surface area (Å²) in [6, 6.07) is 21.7. The predicted octanol–water partition coefficient (Wildman–Crippen LogP) is 4.60. The molecule has 0 aliphatic carbocycles. The molecule has 31 heavy (non-hydrogen) atoms. The number of fused-ring (bicyclic) bond motifs is 1. The molecular weight excluding hydrogens is 418 g/mol. The van der Waals surface area contributed by atoms with E-state index in [9.17, 15) is 14.4 Å². The molecule has 0 atom stereocenters. The summed E-state index contributed by atoms with van der Waals surface area (Å²) >= 11 is 5.89. The second-order valence-electron chi connectivity index (χ2n) is 6.72. The highest BCUT2D eigenvalue weighted by atomic mass is 35.5. The fraction of sp³-hybridized carbons (Fsp3) is 0.0417. The number of halogens is 1. The Balaban J connectivity index is 1.52. The third-order valence-electron chi connectivity index (χ3n) is 4.52. The van der Waals surface area contributed by atoms with Gasteiger partial charge in [-0.1, -0.05) is 48.0 Å². The summed E-state index contributed by atoms with van der Waals surface area (Å²) in [4.78, 5) is 37.0. The minimum absolute atomic E-state index is 0.105. The molecule has 1 aromatic heterocycles. The van der Waals surface area contributed by atoms with Crippen LogP contribution in [0.4, 0.5) is 0 Å². The maximum Gasteiger partial charge on any atom is 0.349 e. The molecule has 0 saturated heterocycles. The summed E-state index contributed by atoms with van der Waals surface area (Å²) in [5, 5.41) is 3.64. The smallest absolute Gasteiger partial charge is 0.349 e. The van der Waals surface area contributed by atoms with Gasteiger partial charge in [0.2, 0.25) is 0 Å². The molecular formula is C24H16ClNO5. The molecule has 4 aromatic rings. The molecule has 0 spiro atoms. The van der Waals surface area contributed by atoms with E-state index in [2.05, 4.69) is 5.32 Å². The van der Waals surface area contributed by atoms with Gasteiger partial charge in [-0.15, -0.1) is 0 Å².